The second-order valence-electron chi connectivity index (χ2n) is 6.47. The van der Waals surface area contributed by atoms with Gasteiger partial charge < -0.3 is 5.32 Å². The van der Waals surface area contributed by atoms with E-state index in [1.807, 2.05) is 13.8 Å². The van der Waals surface area contributed by atoms with Crippen LogP contribution in [0.5, 0.6) is 0 Å². The molecule has 2 rings (SSSR count). The van der Waals surface area contributed by atoms with Gasteiger partial charge in [0.05, 0.1) is 11.4 Å². The van der Waals surface area contributed by atoms with Gasteiger partial charge >= 0.3 is 6.03 Å². The van der Waals surface area contributed by atoms with E-state index in [9.17, 15) is 22.4 Å². The summed E-state index contributed by atoms with van der Waals surface area (Å²) in [7, 11) is -3.77. The molecule has 27 heavy (non-hydrogen) atoms. The van der Waals surface area contributed by atoms with Crippen molar-refractivity contribution in [1.29, 1.82) is 0 Å². The van der Waals surface area contributed by atoms with E-state index in [-0.39, 0.29) is 30.6 Å². The van der Waals surface area contributed by atoms with E-state index in [4.69, 9.17) is 0 Å². The molecule has 0 spiro atoms. The van der Waals surface area contributed by atoms with Gasteiger partial charge in [0, 0.05) is 32.2 Å². The van der Waals surface area contributed by atoms with E-state index in [2.05, 4.69) is 10.6 Å². The molecule has 3 amide bonds. The zero-order valence-corrected chi connectivity index (χ0v) is 16.3. The lowest BCUT2D eigenvalue weighted by molar-refractivity contribution is -0.121. The van der Waals surface area contributed by atoms with Crippen molar-refractivity contribution >= 4 is 22.0 Å². The number of benzene rings is 1. The molecule has 0 aromatic heterocycles. The van der Waals surface area contributed by atoms with Gasteiger partial charge in [-0.15, -0.1) is 0 Å². The van der Waals surface area contributed by atoms with Crippen LogP contribution in [0.3, 0.4) is 0 Å². The molecule has 0 unspecified atom stereocenters. The highest BCUT2D eigenvalue weighted by Gasteiger charge is 2.29. The molecular formula is C17H25FN4O4S. The molecule has 0 radical (unpaired) electrons. The predicted molar refractivity (Wildman–Crippen MR) is 98.0 cm³/mol. The first-order valence-corrected chi connectivity index (χ1v) is 10.2. The third-order valence-electron chi connectivity index (χ3n) is 4.38. The first kappa shape index (κ1) is 21.3. The topological polar surface area (TPSA) is 98.8 Å². The number of hydrogen-bond donors (Lipinski definition) is 2. The summed E-state index contributed by atoms with van der Waals surface area (Å²) in [5, 5.41) is 4.90. The van der Waals surface area contributed by atoms with Crippen LogP contribution in [0.4, 0.5) is 9.18 Å². The van der Waals surface area contributed by atoms with Crippen LogP contribution in [0.15, 0.2) is 29.2 Å². The molecule has 0 aliphatic carbocycles. The molecule has 1 aromatic rings. The molecule has 1 aromatic carbocycles. The fourth-order valence-corrected chi connectivity index (χ4v) is 4.09. The van der Waals surface area contributed by atoms with Gasteiger partial charge in [-0.25, -0.2) is 17.6 Å². The summed E-state index contributed by atoms with van der Waals surface area (Å²) in [6.07, 6.45) is 0.753. The van der Waals surface area contributed by atoms with E-state index >= 15 is 0 Å². The third-order valence-corrected chi connectivity index (χ3v) is 6.27. The first-order chi connectivity index (χ1) is 12.7. The van der Waals surface area contributed by atoms with Crippen LogP contribution in [0.1, 0.15) is 20.3 Å². The minimum atomic E-state index is -3.77. The van der Waals surface area contributed by atoms with Crippen LogP contribution in [0, 0.1) is 5.82 Å². The molecule has 8 nitrogen and oxygen atoms in total. The molecule has 1 aliphatic heterocycles. The summed E-state index contributed by atoms with van der Waals surface area (Å²) in [5.74, 6) is -1.06. The maximum absolute atomic E-state index is 13.3. The lowest BCUT2D eigenvalue weighted by Crippen LogP contribution is -2.52. The number of halogens is 1. The van der Waals surface area contributed by atoms with Crippen molar-refractivity contribution in [2.75, 3.05) is 32.7 Å². The zero-order chi connectivity index (χ0) is 20.0. The Morgan fingerprint density at radius 2 is 1.89 bits per heavy atom. The SMILES string of the molecule is CC[C@@H](C)NC(=O)NC(=O)CN1CCN(S(=O)(=O)c2cccc(F)c2)CC1. The number of imide groups is 1. The smallest absolute Gasteiger partial charge is 0.321 e. The van der Waals surface area contributed by atoms with Gasteiger partial charge in [-0.1, -0.05) is 13.0 Å². The van der Waals surface area contributed by atoms with Crippen LogP contribution in [0.2, 0.25) is 0 Å². The van der Waals surface area contributed by atoms with Gasteiger partial charge in [-0.3, -0.25) is 15.0 Å². The highest BCUT2D eigenvalue weighted by molar-refractivity contribution is 7.89. The summed E-state index contributed by atoms with van der Waals surface area (Å²) in [5.41, 5.74) is 0. The minimum Gasteiger partial charge on any atom is -0.335 e. The van der Waals surface area contributed by atoms with Crippen LogP contribution >= 0.6 is 0 Å². The van der Waals surface area contributed by atoms with Crippen LogP contribution < -0.4 is 10.6 Å². The first-order valence-electron chi connectivity index (χ1n) is 8.80. The monoisotopic (exact) mass is 400 g/mol. The van der Waals surface area contributed by atoms with Crippen LogP contribution in [-0.4, -0.2) is 68.3 Å². The van der Waals surface area contributed by atoms with Gasteiger partial charge in [0.25, 0.3) is 0 Å². The number of nitrogens with one attached hydrogen (secondary N) is 2. The average Bonchev–Trinajstić information content (AvgIpc) is 2.61. The van der Waals surface area contributed by atoms with Crippen molar-refractivity contribution in [2.45, 2.75) is 31.2 Å². The Hall–Kier alpha value is -2.04. The number of carbonyl (C=O) groups excluding carboxylic acids is 2. The Labute approximate surface area is 158 Å². The summed E-state index contributed by atoms with van der Waals surface area (Å²) in [6.45, 7) is 4.81. The predicted octanol–water partition coefficient (Wildman–Crippen LogP) is 0.756. The summed E-state index contributed by atoms with van der Waals surface area (Å²) < 4.78 is 39.7. The fraction of sp³-hybridized carbons (Fsp3) is 0.529. The maximum Gasteiger partial charge on any atom is 0.321 e. The third kappa shape index (κ3) is 5.98. The molecule has 1 aliphatic rings. The number of sulfonamides is 1. The second-order valence-corrected chi connectivity index (χ2v) is 8.41. The normalized spacial score (nSPS) is 17.3. The number of urea groups is 1. The highest BCUT2D eigenvalue weighted by atomic mass is 32.2. The van der Waals surface area contributed by atoms with Gasteiger partial charge in [-0.05, 0) is 31.5 Å². The summed E-state index contributed by atoms with van der Waals surface area (Å²) >= 11 is 0. The molecule has 0 bridgehead atoms. The van der Waals surface area contributed by atoms with E-state index in [0.717, 1.165) is 12.5 Å². The summed E-state index contributed by atoms with van der Waals surface area (Å²) in [4.78, 5) is 25.3. The van der Waals surface area contributed by atoms with Gasteiger partial charge in [0.1, 0.15) is 5.82 Å². The fourth-order valence-electron chi connectivity index (χ4n) is 2.64. The van der Waals surface area contributed by atoms with Gasteiger partial charge in [0.2, 0.25) is 15.9 Å². The molecule has 1 atom stereocenters. The van der Waals surface area contributed by atoms with E-state index in [1.54, 1.807) is 4.90 Å². The standard InChI is InChI=1S/C17H25FN4O4S/c1-3-13(2)19-17(24)20-16(23)12-21-7-9-22(10-8-21)27(25,26)15-6-4-5-14(18)11-15/h4-6,11,13H,3,7-10,12H2,1-2H3,(H2,19,20,23,24)/t13-/m1/s1. The Morgan fingerprint density at radius 3 is 2.48 bits per heavy atom. The number of hydrogen-bond acceptors (Lipinski definition) is 5. The average molecular weight is 400 g/mol. The van der Waals surface area contributed by atoms with Crippen molar-refractivity contribution in [2.24, 2.45) is 0 Å². The number of nitrogens with zero attached hydrogens (tertiary/aromatic N) is 2. The Morgan fingerprint density at radius 1 is 1.22 bits per heavy atom. The molecule has 1 heterocycles. The Balaban J connectivity index is 1.84. The van der Waals surface area contributed by atoms with E-state index in [0.29, 0.717) is 13.1 Å². The van der Waals surface area contributed by atoms with Gasteiger partial charge in [0.15, 0.2) is 0 Å². The van der Waals surface area contributed by atoms with E-state index in [1.165, 1.54) is 22.5 Å². The molecule has 0 saturated carbocycles. The Kier molecular flexibility index (Phi) is 7.28. The largest absolute Gasteiger partial charge is 0.335 e. The lowest BCUT2D eigenvalue weighted by atomic mass is 10.3. The van der Waals surface area contributed by atoms with Crippen LogP contribution in [0.25, 0.3) is 0 Å². The minimum absolute atomic E-state index is 0.00176. The number of amides is 3. The number of piperazine rings is 1. The van der Waals surface area contributed by atoms with Crippen molar-refractivity contribution < 1.29 is 22.4 Å². The van der Waals surface area contributed by atoms with Crippen LogP contribution in [-0.2, 0) is 14.8 Å². The van der Waals surface area contributed by atoms with Crippen molar-refractivity contribution in [3.63, 3.8) is 0 Å². The lowest BCUT2D eigenvalue weighted by Gasteiger charge is -2.33. The molecule has 1 saturated heterocycles. The number of rotatable bonds is 6. The summed E-state index contributed by atoms with van der Waals surface area (Å²) in [6, 6.07) is 4.32. The molecule has 2 N–H and O–H groups in total. The van der Waals surface area contributed by atoms with Crippen molar-refractivity contribution in [3.8, 4) is 0 Å². The van der Waals surface area contributed by atoms with E-state index < -0.39 is 27.8 Å². The second kappa shape index (κ2) is 9.25. The maximum atomic E-state index is 13.3. The highest BCUT2D eigenvalue weighted by Crippen LogP contribution is 2.18. The molecule has 1 fully saturated rings. The van der Waals surface area contributed by atoms with Crippen molar-refractivity contribution in [3.05, 3.63) is 30.1 Å². The van der Waals surface area contributed by atoms with Gasteiger partial charge in [-0.2, -0.15) is 4.31 Å². The Bertz CT molecular complexity index is 779. The molecule has 10 heteroatoms. The zero-order valence-electron chi connectivity index (χ0n) is 15.4. The molecular weight excluding hydrogens is 375 g/mol. The molecule has 150 valence electrons. The van der Waals surface area contributed by atoms with Crippen molar-refractivity contribution in [1.82, 2.24) is 19.8 Å². The quantitative estimate of drug-likeness (QED) is 0.735. The number of carbonyl (C=O) groups is 2.